The number of hydrogen-bond donors (Lipinski definition) is 1. The topological polar surface area (TPSA) is 98.5 Å². The summed E-state index contributed by atoms with van der Waals surface area (Å²) < 4.78 is 37.4. The van der Waals surface area contributed by atoms with Gasteiger partial charge in [-0.25, -0.2) is 8.42 Å². The lowest BCUT2D eigenvalue weighted by atomic mass is 10.2. The number of esters is 1. The SMILES string of the molecule is Cc1ccc(S(=O)(=O)N[C@@H](C)C(=O)OCc2cc(-c3ccccc3)on2)cc1. The van der Waals surface area contributed by atoms with Crippen LogP contribution in [0.3, 0.4) is 0 Å². The minimum atomic E-state index is -3.82. The first kappa shape index (κ1) is 19.8. The highest BCUT2D eigenvalue weighted by Gasteiger charge is 2.23. The number of hydrogen-bond acceptors (Lipinski definition) is 6. The Bertz CT molecular complexity index is 1040. The van der Waals surface area contributed by atoms with Gasteiger partial charge in [0.05, 0.1) is 4.90 Å². The van der Waals surface area contributed by atoms with Gasteiger partial charge < -0.3 is 9.26 Å². The van der Waals surface area contributed by atoms with Crippen molar-refractivity contribution in [1.82, 2.24) is 9.88 Å². The number of rotatable bonds is 7. The summed E-state index contributed by atoms with van der Waals surface area (Å²) in [6.45, 7) is 3.16. The minimum absolute atomic E-state index is 0.0850. The van der Waals surface area contributed by atoms with E-state index < -0.39 is 22.0 Å². The van der Waals surface area contributed by atoms with Crippen LogP contribution in [-0.4, -0.2) is 25.6 Å². The Morgan fingerprint density at radius 2 is 1.82 bits per heavy atom. The summed E-state index contributed by atoms with van der Waals surface area (Å²) in [7, 11) is -3.82. The Morgan fingerprint density at radius 1 is 1.14 bits per heavy atom. The fraction of sp³-hybridized carbons (Fsp3) is 0.200. The number of sulfonamides is 1. The van der Waals surface area contributed by atoms with Gasteiger partial charge in [-0.2, -0.15) is 4.72 Å². The first-order chi connectivity index (χ1) is 13.3. The molecule has 0 spiro atoms. The summed E-state index contributed by atoms with van der Waals surface area (Å²) in [6, 6.07) is 16.3. The van der Waals surface area contributed by atoms with Crippen molar-refractivity contribution in [3.8, 4) is 11.3 Å². The Morgan fingerprint density at radius 3 is 2.50 bits per heavy atom. The van der Waals surface area contributed by atoms with Gasteiger partial charge >= 0.3 is 5.97 Å². The zero-order chi connectivity index (χ0) is 20.1. The van der Waals surface area contributed by atoms with Gasteiger partial charge in [0.15, 0.2) is 5.76 Å². The lowest BCUT2D eigenvalue weighted by Crippen LogP contribution is -2.39. The minimum Gasteiger partial charge on any atom is -0.458 e. The fourth-order valence-corrected chi connectivity index (χ4v) is 3.65. The number of nitrogens with one attached hydrogen (secondary N) is 1. The quantitative estimate of drug-likeness (QED) is 0.612. The van der Waals surface area contributed by atoms with E-state index in [2.05, 4.69) is 9.88 Å². The van der Waals surface area contributed by atoms with Gasteiger partial charge in [0, 0.05) is 11.6 Å². The average Bonchev–Trinajstić information content (AvgIpc) is 3.16. The second kappa shape index (κ2) is 8.37. The van der Waals surface area contributed by atoms with Crippen molar-refractivity contribution < 1.29 is 22.5 Å². The highest BCUT2D eigenvalue weighted by Crippen LogP contribution is 2.20. The predicted molar refractivity (Wildman–Crippen MR) is 103 cm³/mol. The number of benzene rings is 2. The van der Waals surface area contributed by atoms with Crippen LogP contribution in [0, 0.1) is 6.92 Å². The first-order valence-electron chi connectivity index (χ1n) is 8.62. The highest BCUT2D eigenvalue weighted by molar-refractivity contribution is 7.89. The molecular formula is C20H20N2O5S. The molecule has 0 bridgehead atoms. The summed E-state index contributed by atoms with van der Waals surface area (Å²) in [5.41, 5.74) is 2.22. The van der Waals surface area contributed by atoms with Crippen LogP contribution in [-0.2, 0) is 26.2 Å². The Labute approximate surface area is 163 Å². The molecule has 28 heavy (non-hydrogen) atoms. The van der Waals surface area contributed by atoms with Crippen LogP contribution in [0.5, 0.6) is 0 Å². The zero-order valence-electron chi connectivity index (χ0n) is 15.5. The molecule has 0 aliphatic heterocycles. The molecule has 146 valence electrons. The molecule has 0 saturated heterocycles. The van der Waals surface area contributed by atoms with Crippen molar-refractivity contribution in [2.45, 2.75) is 31.4 Å². The normalized spacial score (nSPS) is 12.5. The number of nitrogens with zero attached hydrogens (tertiary/aromatic N) is 1. The first-order valence-corrected chi connectivity index (χ1v) is 10.1. The molecule has 1 heterocycles. The summed E-state index contributed by atoms with van der Waals surface area (Å²) in [6.07, 6.45) is 0. The van der Waals surface area contributed by atoms with Gasteiger partial charge in [-0.3, -0.25) is 4.79 Å². The Hall–Kier alpha value is -2.97. The second-order valence-electron chi connectivity index (χ2n) is 6.31. The van der Waals surface area contributed by atoms with Crippen LogP contribution >= 0.6 is 0 Å². The third kappa shape index (κ3) is 4.85. The van der Waals surface area contributed by atoms with E-state index >= 15 is 0 Å². The summed E-state index contributed by atoms with van der Waals surface area (Å²) in [5, 5.41) is 3.86. The number of carbonyl (C=O) groups excluding carboxylic acids is 1. The van der Waals surface area contributed by atoms with E-state index in [0.717, 1.165) is 11.1 Å². The monoisotopic (exact) mass is 400 g/mol. The van der Waals surface area contributed by atoms with Crippen LogP contribution in [0.25, 0.3) is 11.3 Å². The van der Waals surface area contributed by atoms with Gasteiger partial charge in [0.25, 0.3) is 0 Å². The largest absolute Gasteiger partial charge is 0.458 e. The standard InChI is InChI=1S/C20H20N2O5S/c1-14-8-10-18(11-9-14)28(24,25)22-15(2)20(23)26-13-17-12-19(27-21-17)16-6-4-3-5-7-16/h3-12,15,22H,13H2,1-2H3/t15-/m0/s1. The molecule has 0 aliphatic rings. The lowest BCUT2D eigenvalue weighted by molar-refractivity contribution is -0.146. The molecule has 2 aromatic carbocycles. The van der Waals surface area contributed by atoms with Gasteiger partial charge in [0.1, 0.15) is 18.3 Å². The Kier molecular flexibility index (Phi) is 5.91. The van der Waals surface area contributed by atoms with E-state index in [4.69, 9.17) is 9.26 Å². The van der Waals surface area contributed by atoms with Crippen molar-refractivity contribution >= 4 is 16.0 Å². The van der Waals surface area contributed by atoms with Crippen LogP contribution in [0.1, 0.15) is 18.2 Å². The summed E-state index contributed by atoms with van der Waals surface area (Å²) >= 11 is 0. The molecule has 0 amide bonds. The molecule has 1 aromatic heterocycles. The van der Waals surface area contributed by atoms with Crippen molar-refractivity contribution in [2.24, 2.45) is 0 Å². The Balaban J connectivity index is 1.57. The molecule has 7 nitrogen and oxygen atoms in total. The molecule has 0 aliphatic carbocycles. The van der Waals surface area contributed by atoms with Gasteiger partial charge in [0.2, 0.25) is 10.0 Å². The molecule has 3 aromatic rings. The molecule has 0 saturated carbocycles. The number of ether oxygens (including phenoxy) is 1. The molecule has 0 radical (unpaired) electrons. The van der Waals surface area contributed by atoms with E-state index in [-0.39, 0.29) is 11.5 Å². The molecule has 0 fully saturated rings. The molecule has 3 rings (SSSR count). The second-order valence-corrected chi connectivity index (χ2v) is 8.03. The van der Waals surface area contributed by atoms with Crippen LogP contribution in [0.4, 0.5) is 0 Å². The predicted octanol–water partition coefficient (Wildman–Crippen LogP) is 3.06. The maximum Gasteiger partial charge on any atom is 0.324 e. The number of aryl methyl sites for hydroxylation is 1. The van der Waals surface area contributed by atoms with E-state index in [1.165, 1.54) is 19.1 Å². The maximum absolute atomic E-state index is 12.3. The molecule has 1 atom stereocenters. The maximum atomic E-state index is 12.3. The van der Waals surface area contributed by atoms with Crippen molar-refractivity contribution in [1.29, 1.82) is 0 Å². The third-order valence-electron chi connectivity index (χ3n) is 4.00. The molecular weight excluding hydrogens is 380 g/mol. The van der Waals surface area contributed by atoms with Crippen molar-refractivity contribution in [3.05, 3.63) is 71.9 Å². The van der Waals surface area contributed by atoms with Gasteiger partial charge in [-0.05, 0) is 26.0 Å². The van der Waals surface area contributed by atoms with Crippen LogP contribution in [0.2, 0.25) is 0 Å². The molecule has 0 unspecified atom stereocenters. The average molecular weight is 400 g/mol. The smallest absolute Gasteiger partial charge is 0.324 e. The number of aromatic nitrogens is 1. The van der Waals surface area contributed by atoms with E-state index in [9.17, 15) is 13.2 Å². The highest BCUT2D eigenvalue weighted by atomic mass is 32.2. The summed E-state index contributed by atoms with van der Waals surface area (Å²) in [4.78, 5) is 12.2. The lowest BCUT2D eigenvalue weighted by Gasteiger charge is -2.13. The van der Waals surface area contributed by atoms with E-state index in [1.54, 1.807) is 18.2 Å². The molecule has 8 heteroatoms. The van der Waals surface area contributed by atoms with Gasteiger partial charge in [-0.15, -0.1) is 0 Å². The van der Waals surface area contributed by atoms with E-state index in [1.807, 2.05) is 37.3 Å². The van der Waals surface area contributed by atoms with E-state index in [0.29, 0.717) is 11.5 Å². The van der Waals surface area contributed by atoms with Crippen LogP contribution in [0.15, 0.2) is 70.1 Å². The third-order valence-corrected chi connectivity index (χ3v) is 5.55. The fourth-order valence-electron chi connectivity index (χ4n) is 2.45. The number of carbonyl (C=O) groups is 1. The van der Waals surface area contributed by atoms with Crippen LogP contribution < -0.4 is 4.72 Å². The zero-order valence-corrected chi connectivity index (χ0v) is 16.3. The van der Waals surface area contributed by atoms with Gasteiger partial charge in [-0.1, -0.05) is 53.2 Å². The van der Waals surface area contributed by atoms with Crippen molar-refractivity contribution in [2.75, 3.05) is 0 Å². The molecule has 1 N–H and O–H groups in total. The summed E-state index contributed by atoms with van der Waals surface area (Å²) in [5.74, 6) is -0.153. The van der Waals surface area contributed by atoms with Crippen molar-refractivity contribution in [3.63, 3.8) is 0 Å².